The Morgan fingerprint density at radius 3 is 2.31 bits per heavy atom. The topological polar surface area (TPSA) is 43.8 Å². The summed E-state index contributed by atoms with van der Waals surface area (Å²) < 4.78 is 1.71. The van der Waals surface area contributed by atoms with Gasteiger partial charge in [0, 0.05) is 18.7 Å². The van der Waals surface area contributed by atoms with E-state index in [9.17, 15) is 0 Å². The van der Waals surface area contributed by atoms with E-state index in [2.05, 4.69) is 18.9 Å². The van der Waals surface area contributed by atoms with E-state index in [1.165, 1.54) is 0 Å². The van der Waals surface area contributed by atoms with Crippen LogP contribution in [0, 0.1) is 12.8 Å². The summed E-state index contributed by atoms with van der Waals surface area (Å²) >= 11 is 6.19. The SMILES string of the molecule is CCC(CC)C(N)Cc1c(C)nn(C)c1Cl. The van der Waals surface area contributed by atoms with E-state index < -0.39 is 0 Å². The van der Waals surface area contributed by atoms with Crippen LogP contribution in [-0.4, -0.2) is 15.8 Å². The molecule has 0 radical (unpaired) electrons. The summed E-state index contributed by atoms with van der Waals surface area (Å²) in [5.74, 6) is 0.565. The monoisotopic (exact) mass is 243 g/mol. The van der Waals surface area contributed by atoms with Crippen LogP contribution in [0.3, 0.4) is 0 Å². The molecular weight excluding hydrogens is 222 g/mol. The summed E-state index contributed by atoms with van der Waals surface area (Å²) in [6.45, 7) is 6.36. The van der Waals surface area contributed by atoms with Gasteiger partial charge < -0.3 is 5.73 Å². The lowest BCUT2D eigenvalue weighted by atomic mass is 9.90. The molecule has 0 aromatic carbocycles. The van der Waals surface area contributed by atoms with Gasteiger partial charge in [0.15, 0.2) is 0 Å². The third kappa shape index (κ3) is 2.77. The van der Waals surface area contributed by atoms with Gasteiger partial charge in [-0.05, 0) is 19.3 Å². The summed E-state index contributed by atoms with van der Waals surface area (Å²) in [5.41, 5.74) is 8.32. The standard InChI is InChI=1S/C12H22ClN3/c1-5-9(6-2)11(14)7-10-8(3)15-16(4)12(10)13/h9,11H,5-7,14H2,1-4H3. The van der Waals surface area contributed by atoms with Crippen LogP contribution in [0.5, 0.6) is 0 Å². The van der Waals surface area contributed by atoms with Crippen LogP contribution < -0.4 is 5.73 Å². The third-order valence-corrected chi connectivity index (χ3v) is 3.84. The minimum Gasteiger partial charge on any atom is -0.327 e. The fourth-order valence-electron chi connectivity index (χ4n) is 2.20. The average molecular weight is 244 g/mol. The molecule has 92 valence electrons. The first-order valence-electron chi connectivity index (χ1n) is 5.94. The summed E-state index contributed by atoms with van der Waals surface area (Å²) in [6, 6.07) is 0.176. The third-order valence-electron chi connectivity index (χ3n) is 3.36. The van der Waals surface area contributed by atoms with E-state index >= 15 is 0 Å². The highest BCUT2D eigenvalue weighted by atomic mass is 35.5. The first-order valence-corrected chi connectivity index (χ1v) is 6.32. The molecule has 0 amide bonds. The number of nitrogens with zero attached hydrogens (tertiary/aromatic N) is 2. The molecule has 0 saturated heterocycles. The lowest BCUT2D eigenvalue weighted by Crippen LogP contribution is -2.31. The highest BCUT2D eigenvalue weighted by Gasteiger charge is 2.19. The average Bonchev–Trinajstić information content (AvgIpc) is 2.47. The molecule has 0 aliphatic rings. The van der Waals surface area contributed by atoms with E-state index in [4.69, 9.17) is 17.3 Å². The number of halogens is 1. The molecule has 1 rings (SSSR count). The number of hydrogen-bond acceptors (Lipinski definition) is 2. The molecule has 1 atom stereocenters. The quantitative estimate of drug-likeness (QED) is 0.864. The molecule has 0 aliphatic carbocycles. The van der Waals surface area contributed by atoms with Crippen LogP contribution in [0.2, 0.25) is 5.15 Å². The number of hydrogen-bond donors (Lipinski definition) is 1. The Bertz CT molecular complexity index is 342. The molecule has 4 heteroatoms. The van der Waals surface area contributed by atoms with Gasteiger partial charge in [-0.25, -0.2) is 0 Å². The first-order chi connectivity index (χ1) is 7.51. The van der Waals surface area contributed by atoms with Gasteiger partial charge in [0.1, 0.15) is 5.15 Å². The van der Waals surface area contributed by atoms with E-state index in [1.807, 2.05) is 14.0 Å². The Morgan fingerprint density at radius 2 is 1.94 bits per heavy atom. The summed E-state index contributed by atoms with van der Waals surface area (Å²) in [4.78, 5) is 0. The van der Waals surface area contributed by atoms with Gasteiger partial charge in [0.25, 0.3) is 0 Å². The highest BCUT2D eigenvalue weighted by molar-refractivity contribution is 6.30. The van der Waals surface area contributed by atoms with Crippen molar-refractivity contribution in [2.45, 2.75) is 46.1 Å². The van der Waals surface area contributed by atoms with Crippen LogP contribution in [0.15, 0.2) is 0 Å². The smallest absolute Gasteiger partial charge is 0.130 e. The molecule has 0 aliphatic heterocycles. The maximum Gasteiger partial charge on any atom is 0.130 e. The molecule has 16 heavy (non-hydrogen) atoms. The highest BCUT2D eigenvalue weighted by Crippen LogP contribution is 2.23. The van der Waals surface area contributed by atoms with Gasteiger partial charge in [0.05, 0.1) is 5.69 Å². The Labute approximate surface area is 103 Å². The molecule has 2 N–H and O–H groups in total. The van der Waals surface area contributed by atoms with Gasteiger partial charge in [-0.15, -0.1) is 0 Å². The number of aryl methyl sites for hydroxylation is 2. The summed E-state index contributed by atoms with van der Waals surface area (Å²) in [6.07, 6.45) is 3.06. The molecule has 0 bridgehead atoms. The van der Waals surface area contributed by atoms with Crippen molar-refractivity contribution >= 4 is 11.6 Å². The van der Waals surface area contributed by atoms with Crippen LogP contribution in [0.1, 0.15) is 37.9 Å². The molecule has 1 heterocycles. The van der Waals surface area contributed by atoms with Crippen LogP contribution >= 0.6 is 11.6 Å². The van der Waals surface area contributed by atoms with Crippen molar-refractivity contribution in [2.24, 2.45) is 18.7 Å². The molecule has 0 spiro atoms. The predicted molar refractivity (Wildman–Crippen MR) is 68.7 cm³/mol. The normalized spacial score (nSPS) is 13.4. The van der Waals surface area contributed by atoms with Crippen LogP contribution in [0.25, 0.3) is 0 Å². The van der Waals surface area contributed by atoms with Crippen molar-refractivity contribution < 1.29 is 0 Å². The Balaban J connectivity index is 2.80. The lowest BCUT2D eigenvalue weighted by molar-refractivity contribution is 0.393. The van der Waals surface area contributed by atoms with E-state index in [-0.39, 0.29) is 6.04 Å². The second kappa shape index (κ2) is 5.69. The van der Waals surface area contributed by atoms with Gasteiger partial charge >= 0.3 is 0 Å². The first kappa shape index (κ1) is 13.5. The molecule has 0 fully saturated rings. The van der Waals surface area contributed by atoms with Crippen molar-refractivity contribution in [3.63, 3.8) is 0 Å². The fraction of sp³-hybridized carbons (Fsp3) is 0.750. The second-order valence-electron chi connectivity index (χ2n) is 4.42. The summed E-state index contributed by atoms with van der Waals surface area (Å²) in [7, 11) is 1.86. The number of aromatic nitrogens is 2. The predicted octanol–water partition coefficient (Wildman–Crippen LogP) is 2.69. The minimum atomic E-state index is 0.176. The van der Waals surface area contributed by atoms with Gasteiger partial charge in [-0.3, -0.25) is 4.68 Å². The zero-order chi connectivity index (χ0) is 12.3. The van der Waals surface area contributed by atoms with Crippen LogP contribution in [-0.2, 0) is 13.5 Å². The van der Waals surface area contributed by atoms with Gasteiger partial charge in [-0.1, -0.05) is 38.3 Å². The Hall–Kier alpha value is -0.540. The van der Waals surface area contributed by atoms with E-state index in [1.54, 1.807) is 4.68 Å². The Kier molecular flexibility index (Phi) is 4.81. The largest absolute Gasteiger partial charge is 0.327 e. The van der Waals surface area contributed by atoms with Crippen molar-refractivity contribution in [3.05, 3.63) is 16.4 Å². The zero-order valence-corrected chi connectivity index (χ0v) is 11.4. The Morgan fingerprint density at radius 1 is 1.38 bits per heavy atom. The summed E-state index contributed by atoms with van der Waals surface area (Å²) in [5, 5.41) is 5.03. The van der Waals surface area contributed by atoms with Crippen molar-refractivity contribution in [1.82, 2.24) is 9.78 Å². The number of nitrogens with two attached hydrogens (primary N) is 1. The molecule has 1 aromatic rings. The van der Waals surface area contributed by atoms with Gasteiger partial charge in [-0.2, -0.15) is 5.10 Å². The maximum absolute atomic E-state index is 6.22. The van der Waals surface area contributed by atoms with E-state index in [0.717, 1.165) is 35.7 Å². The number of rotatable bonds is 5. The fourth-order valence-corrected chi connectivity index (χ4v) is 2.45. The van der Waals surface area contributed by atoms with Crippen molar-refractivity contribution in [2.75, 3.05) is 0 Å². The molecular formula is C12H22ClN3. The molecule has 1 aromatic heterocycles. The maximum atomic E-state index is 6.22. The van der Waals surface area contributed by atoms with Gasteiger partial charge in [0.2, 0.25) is 0 Å². The lowest BCUT2D eigenvalue weighted by Gasteiger charge is -2.21. The molecule has 3 nitrogen and oxygen atoms in total. The minimum absolute atomic E-state index is 0.176. The molecule has 1 unspecified atom stereocenters. The van der Waals surface area contributed by atoms with E-state index in [0.29, 0.717) is 5.92 Å². The van der Waals surface area contributed by atoms with Crippen molar-refractivity contribution in [1.29, 1.82) is 0 Å². The van der Waals surface area contributed by atoms with Crippen molar-refractivity contribution in [3.8, 4) is 0 Å². The zero-order valence-electron chi connectivity index (χ0n) is 10.6. The molecule has 0 saturated carbocycles. The van der Waals surface area contributed by atoms with Crippen LogP contribution in [0.4, 0.5) is 0 Å². The second-order valence-corrected chi connectivity index (χ2v) is 4.78.